The van der Waals surface area contributed by atoms with E-state index in [-0.39, 0.29) is 23.7 Å². The van der Waals surface area contributed by atoms with Gasteiger partial charge in [0.15, 0.2) is 17.3 Å². The summed E-state index contributed by atoms with van der Waals surface area (Å²) in [6.07, 6.45) is 1.71. The predicted molar refractivity (Wildman–Crippen MR) is 104 cm³/mol. The second kappa shape index (κ2) is 8.10. The van der Waals surface area contributed by atoms with E-state index >= 15 is 0 Å². The van der Waals surface area contributed by atoms with Crippen LogP contribution in [0.25, 0.3) is 0 Å². The summed E-state index contributed by atoms with van der Waals surface area (Å²) in [5, 5.41) is 14.7. The first kappa shape index (κ1) is 19.4. The van der Waals surface area contributed by atoms with Crippen LogP contribution in [0.4, 0.5) is 0 Å². The summed E-state index contributed by atoms with van der Waals surface area (Å²) < 4.78 is 39.0. The van der Waals surface area contributed by atoms with Crippen molar-refractivity contribution in [1.29, 1.82) is 5.26 Å². The molecule has 1 aliphatic heterocycles. The average molecular weight is 398 g/mol. The van der Waals surface area contributed by atoms with Crippen molar-refractivity contribution in [1.82, 2.24) is 5.01 Å². The fourth-order valence-corrected chi connectivity index (χ4v) is 3.92. The standard InChI is InChI=1S/C19H18N4O4S/c1-26-16-9-8-14(12-17(16)27-2)13-21-23(11-5-10-20)19-15-6-3-4-7-18(15)28(24,25)22-19/h3-4,6-9,12-13H,5,11H2,1-2H3. The number of benzene rings is 2. The molecule has 0 aromatic heterocycles. The van der Waals surface area contributed by atoms with E-state index in [1.807, 2.05) is 6.07 Å². The van der Waals surface area contributed by atoms with Gasteiger partial charge in [-0.2, -0.15) is 18.8 Å². The predicted octanol–water partition coefficient (Wildman–Crippen LogP) is 2.40. The van der Waals surface area contributed by atoms with Crippen molar-refractivity contribution >= 4 is 22.1 Å². The van der Waals surface area contributed by atoms with Crippen molar-refractivity contribution in [2.75, 3.05) is 20.8 Å². The van der Waals surface area contributed by atoms with Crippen molar-refractivity contribution in [3.8, 4) is 17.6 Å². The van der Waals surface area contributed by atoms with Gasteiger partial charge in [0.2, 0.25) is 0 Å². The van der Waals surface area contributed by atoms with Gasteiger partial charge >= 0.3 is 0 Å². The third kappa shape index (κ3) is 3.82. The zero-order chi connectivity index (χ0) is 20.1. The number of fused-ring (bicyclic) bond motifs is 1. The van der Waals surface area contributed by atoms with E-state index < -0.39 is 10.0 Å². The quantitative estimate of drug-likeness (QED) is 0.547. The number of amidine groups is 1. The Bertz CT molecular complexity index is 1090. The first-order valence-electron chi connectivity index (χ1n) is 8.35. The van der Waals surface area contributed by atoms with Crippen molar-refractivity contribution in [2.45, 2.75) is 11.3 Å². The summed E-state index contributed by atoms with van der Waals surface area (Å²) in [7, 11) is -0.693. The molecule has 2 aromatic carbocycles. The monoisotopic (exact) mass is 398 g/mol. The van der Waals surface area contributed by atoms with E-state index in [1.54, 1.807) is 49.7 Å². The third-order valence-corrected chi connectivity index (χ3v) is 5.37. The van der Waals surface area contributed by atoms with Gasteiger partial charge in [-0.05, 0) is 35.9 Å². The molecule has 28 heavy (non-hydrogen) atoms. The van der Waals surface area contributed by atoms with Crippen molar-refractivity contribution < 1.29 is 17.9 Å². The number of hydrazone groups is 1. The maximum Gasteiger partial charge on any atom is 0.285 e. The van der Waals surface area contributed by atoms with Crippen LogP contribution in [0.3, 0.4) is 0 Å². The zero-order valence-electron chi connectivity index (χ0n) is 15.4. The van der Waals surface area contributed by atoms with Crippen LogP contribution in [0, 0.1) is 11.3 Å². The average Bonchev–Trinajstić information content (AvgIpc) is 2.99. The molecule has 0 unspecified atom stereocenters. The van der Waals surface area contributed by atoms with E-state index in [0.717, 1.165) is 0 Å². The van der Waals surface area contributed by atoms with Crippen LogP contribution in [0.15, 0.2) is 56.9 Å². The van der Waals surface area contributed by atoms with Crippen molar-refractivity contribution in [3.63, 3.8) is 0 Å². The lowest BCUT2D eigenvalue weighted by Crippen LogP contribution is -2.27. The normalized spacial score (nSPS) is 14.2. The summed E-state index contributed by atoms with van der Waals surface area (Å²) >= 11 is 0. The van der Waals surface area contributed by atoms with Crippen molar-refractivity contribution in [2.24, 2.45) is 9.50 Å². The molecule has 0 spiro atoms. The van der Waals surface area contributed by atoms with Crippen LogP contribution >= 0.6 is 0 Å². The van der Waals surface area contributed by atoms with Gasteiger partial charge in [-0.15, -0.1) is 4.40 Å². The topological polar surface area (TPSA) is 104 Å². The molecule has 3 rings (SSSR count). The first-order chi connectivity index (χ1) is 13.5. The van der Waals surface area contributed by atoms with Gasteiger partial charge < -0.3 is 9.47 Å². The van der Waals surface area contributed by atoms with Gasteiger partial charge in [-0.25, -0.2) is 5.01 Å². The molecule has 1 heterocycles. The van der Waals surface area contributed by atoms with Crippen LogP contribution in [-0.4, -0.2) is 46.2 Å². The highest BCUT2D eigenvalue weighted by molar-refractivity contribution is 7.90. The number of sulfonamides is 1. The van der Waals surface area contributed by atoms with Crippen LogP contribution in [0.2, 0.25) is 0 Å². The van der Waals surface area contributed by atoms with E-state index in [9.17, 15) is 8.42 Å². The molecule has 0 bridgehead atoms. The Labute approximate surface area is 163 Å². The Morgan fingerprint density at radius 3 is 2.64 bits per heavy atom. The number of hydrogen-bond donors (Lipinski definition) is 0. The molecule has 0 saturated carbocycles. The summed E-state index contributed by atoms with van der Waals surface area (Å²) in [6.45, 7) is 0.197. The highest BCUT2D eigenvalue weighted by atomic mass is 32.2. The van der Waals surface area contributed by atoms with Gasteiger partial charge in [0.25, 0.3) is 10.0 Å². The SMILES string of the molecule is COc1ccc(C=NN(CCC#N)C2=NS(=O)(=O)c3ccccc32)cc1OC. The Kier molecular flexibility index (Phi) is 5.61. The molecule has 0 amide bonds. The minimum atomic E-state index is -3.77. The Morgan fingerprint density at radius 1 is 1.18 bits per heavy atom. The maximum atomic E-state index is 12.3. The molecular weight excluding hydrogens is 380 g/mol. The lowest BCUT2D eigenvalue weighted by atomic mass is 10.2. The minimum Gasteiger partial charge on any atom is -0.493 e. The number of nitriles is 1. The fourth-order valence-electron chi connectivity index (χ4n) is 2.72. The van der Waals surface area contributed by atoms with Crippen LogP contribution in [0.1, 0.15) is 17.5 Å². The third-order valence-electron chi connectivity index (χ3n) is 4.05. The molecule has 0 N–H and O–H groups in total. The van der Waals surface area contributed by atoms with Gasteiger partial charge in [-0.1, -0.05) is 12.1 Å². The summed E-state index contributed by atoms with van der Waals surface area (Å²) in [4.78, 5) is 0.133. The molecule has 0 saturated heterocycles. The molecule has 9 heteroatoms. The lowest BCUT2D eigenvalue weighted by molar-refractivity contribution is 0.355. The van der Waals surface area contributed by atoms with Crippen molar-refractivity contribution in [3.05, 3.63) is 53.6 Å². The van der Waals surface area contributed by atoms with Gasteiger partial charge in [0.05, 0.1) is 39.5 Å². The summed E-state index contributed by atoms with van der Waals surface area (Å²) in [6, 6.07) is 13.9. The lowest BCUT2D eigenvalue weighted by Gasteiger charge is -2.17. The maximum absolute atomic E-state index is 12.3. The highest BCUT2D eigenvalue weighted by Crippen LogP contribution is 2.29. The molecule has 0 fully saturated rings. The highest BCUT2D eigenvalue weighted by Gasteiger charge is 2.31. The first-order valence-corrected chi connectivity index (χ1v) is 9.79. The molecule has 0 radical (unpaired) electrons. The van der Waals surface area contributed by atoms with E-state index in [0.29, 0.717) is 22.6 Å². The van der Waals surface area contributed by atoms with E-state index in [2.05, 4.69) is 9.50 Å². The van der Waals surface area contributed by atoms with Crippen LogP contribution in [0.5, 0.6) is 11.5 Å². The zero-order valence-corrected chi connectivity index (χ0v) is 16.2. The van der Waals surface area contributed by atoms with E-state index in [4.69, 9.17) is 14.7 Å². The molecule has 1 aliphatic rings. The number of methoxy groups -OCH3 is 2. The summed E-state index contributed by atoms with van der Waals surface area (Å²) in [5.41, 5.74) is 1.18. The van der Waals surface area contributed by atoms with Crippen LogP contribution in [-0.2, 0) is 10.0 Å². The Hall–Kier alpha value is -3.38. The molecule has 0 aliphatic carbocycles. The summed E-state index contributed by atoms with van der Waals surface area (Å²) in [5.74, 6) is 1.32. The largest absolute Gasteiger partial charge is 0.493 e. The molecule has 2 aromatic rings. The second-order valence-electron chi connectivity index (χ2n) is 5.78. The van der Waals surface area contributed by atoms with E-state index in [1.165, 1.54) is 18.2 Å². The van der Waals surface area contributed by atoms with Crippen LogP contribution < -0.4 is 9.47 Å². The molecular formula is C19H18N4O4S. The Morgan fingerprint density at radius 2 is 1.93 bits per heavy atom. The molecule has 0 atom stereocenters. The van der Waals surface area contributed by atoms with Gasteiger partial charge in [-0.3, -0.25) is 0 Å². The van der Waals surface area contributed by atoms with Gasteiger partial charge in [0, 0.05) is 5.56 Å². The smallest absolute Gasteiger partial charge is 0.285 e. The minimum absolute atomic E-state index is 0.133. The second-order valence-corrected chi connectivity index (χ2v) is 7.35. The number of rotatable bonds is 6. The fraction of sp³-hybridized carbons (Fsp3) is 0.211. The Balaban J connectivity index is 1.97. The number of ether oxygens (including phenoxy) is 2. The molecule has 144 valence electrons. The molecule has 8 nitrogen and oxygen atoms in total. The number of nitrogens with zero attached hydrogens (tertiary/aromatic N) is 4. The van der Waals surface area contributed by atoms with Gasteiger partial charge in [0.1, 0.15) is 4.90 Å². The number of hydrogen-bond acceptors (Lipinski definition) is 7.